The summed E-state index contributed by atoms with van der Waals surface area (Å²) in [6.07, 6.45) is 6.07. The number of aromatic nitrogens is 1. The highest BCUT2D eigenvalue weighted by atomic mass is 16.6. The Hall–Kier alpha value is -2.36. The lowest BCUT2D eigenvalue weighted by Crippen LogP contribution is -2.14. The first kappa shape index (κ1) is 12.7. The molecule has 1 aliphatic carbocycles. The van der Waals surface area contributed by atoms with Gasteiger partial charge in [0.15, 0.2) is 0 Å². The number of fused-ring (bicyclic) bond motifs is 1. The Morgan fingerprint density at radius 1 is 1.20 bits per heavy atom. The molecule has 4 nitrogen and oxygen atoms in total. The number of H-pyrrole nitrogens is 1. The van der Waals surface area contributed by atoms with Gasteiger partial charge in [-0.2, -0.15) is 0 Å². The van der Waals surface area contributed by atoms with Crippen LogP contribution in [0.5, 0.6) is 0 Å². The summed E-state index contributed by atoms with van der Waals surface area (Å²) in [5.41, 5.74) is 4.37. The number of nitrogens with zero attached hydrogens (tertiary/aromatic N) is 1. The molecule has 0 saturated carbocycles. The van der Waals surface area contributed by atoms with Gasteiger partial charge in [-0.05, 0) is 23.6 Å². The normalized spacial score (nSPS) is 14.8. The van der Waals surface area contributed by atoms with Gasteiger partial charge in [0.2, 0.25) is 6.54 Å². The molecule has 2 aromatic rings. The summed E-state index contributed by atoms with van der Waals surface area (Å²) >= 11 is 0. The van der Waals surface area contributed by atoms with Crippen LogP contribution in [0.2, 0.25) is 0 Å². The summed E-state index contributed by atoms with van der Waals surface area (Å²) in [5, 5.41) is 11.0. The summed E-state index contributed by atoms with van der Waals surface area (Å²) in [5.74, 6) is -0.211. The minimum Gasteiger partial charge on any atom is -0.361 e. The Morgan fingerprint density at radius 2 is 1.95 bits per heavy atom. The van der Waals surface area contributed by atoms with Gasteiger partial charge in [0, 0.05) is 22.7 Å². The fourth-order valence-corrected chi connectivity index (χ4v) is 2.75. The molecule has 1 aliphatic rings. The highest BCUT2D eigenvalue weighted by Crippen LogP contribution is 2.28. The van der Waals surface area contributed by atoms with E-state index in [1.54, 1.807) is 0 Å². The minimum absolute atomic E-state index is 0.0865. The van der Waals surface area contributed by atoms with E-state index in [0.717, 1.165) is 24.1 Å². The van der Waals surface area contributed by atoms with Crippen molar-refractivity contribution in [3.05, 3.63) is 81.2 Å². The average Bonchev–Trinajstić information content (AvgIpc) is 2.89. The van der Waals surface area contributed by atoms with E-state index in [1.165, 1.54) is 11.3 Å². The van der Waals surface area contributed by atoms with Crippen LogP contribution in [0, 0.1) is 10.1 Å². The third-order valence-electron chi connectivity index (χ3n) is 3.75. The SMILES string of the molecule is O=[N+]([O-])C[C@H](c1ccccc1)c1cc2c([nH]1)CC=CC2. The van der Waals surface area contributed by atoms with E-state index in [4.69, 9.17) is 0 Å². The summed E-state index contributed by atoms with van der Waals surface area (Å²) < 4.78 is 0. The molecule has 1 atom stereocenters. The first-order chi connectivity index (χ1) is 9.74. The summed E-state index contributed by atoms with van der Waals surface area (Å²) in [6.45, 7) is -0.0865. The molecule has 1 N–H and O–H groups in total. The Morgan fingerprint density at radius 3 is 2.65 bits per heavy atom. The van der Waals surface area contributed by atoms with Crippen LogP contribution in [-0.4, -0.2) is 16.5 Å². The predicted octanol–water partition coefficient (Wildman–Crippen LogP) is 3.08. The van der Waals surface area contributed by atoms with E-state index >= 15 is 0 Å². The smallest absolute Gasteiger partial charge is 0.216 e. The monoisotopic (exact) mass is 268 g/mol. The van der Waals surface area contributed by atoms with E-state index in [0.29, 0.717) is 0 Å². The molecule has 4 heteroatoms. The topological polar surface area (TPSA) is 58.9 Å². The second kappa shape index (κ2) is 5.33. The molecule has 102 valence electrons. The molecule has 0 spiro atoms. The molecule has 0 bridgehead atoms. The zero-order chi connectivity index (χ0) is 13.9. The molecule has 20 heavy (non-hydrogen) atoms. The van der Waals surface area contributed by atoms with Gasteiger partial charge < -0.3 is 4.98 Å². The van der Waals surface area contributed by atoms with Crippen LogP contribution in [0.3, 0.4) is 0 Å². The summed E-state index contributed by atoms with van der Waals surface area (Å²) in [7, 11) is 0. The zero-order valence-corrected chi connectivity index (χ0v) is 11.1. The van der Waals surface area contributed by atoms with Gasteiger partial charge in [0.1, 0.15) is 0 Å². The molecule has 1 aromatic heterocycles. The Kier molecular flexibility index (Phi) is 3.37. The van der Waals surface area contributed by atoms with Crippen molar-refractivity contribution < 1.29 is 4.92 Å². The molecular formula is C16H16N2O2. The fraction of sp³-hybridized carbons (Fsp3) is 0.250. The van der Waals surface area contributed by atoms with Crippen molar-refractivity contribution in [3.8, 4) is 0 Å². The molecule has 1 aromatic carbocycles. The van der Waals surface area contributed by atoms with Crippen LogP contribution in [0.1, 0.15) is 28.4 Å². The van der Waals surface area contributed by atoms with Gasteiger partial charge in [-0.3, -0.25) is 10.1 Å². The van der Waals surface area contributed by atoms with Crippen molar-refractivity contribution in [2.45, 2.75) is 18.8 Å². The third kappa shape index (κ3) is 2.50. The lowest BCUT2D eigenvalue weighted by Gasteiger charge is -2.11. The van der Waals surface area contributed by atoms with E-state index in [2.05, 4.69) is 23.2 Å². The number of hydrogen-bond donors (Lipinski definition) is 1. The van der Waals surface area contributed by atoms with Crippen LogP contribution in [0.25, 0.3) is 0 Å². The number of hydrogen-bond acceptors (Lipinski definition) is 2. The van der Waals surface area contributed by atoms with Gasteiger partial charge in [-0.1, -0.05) is 42.5 Å². The van der Waals surface area contributed by atoms with E-state index in [-0.39, 0.29) is 17.4 Å². The number of nitrogens with one attached hydrogen (secondary N) is 1. The molecule has 0 radical (unpaired) electrons. The molecule has 0 aliphatic heterocycles. The highest BCUT2D eigenvalue weighted by molar-refractivity contribution is 5.37. The lowest BCUT2D eigenvalue weighted by atomic mass is 9.95. The Balaban J connectivity index is 1.97. The van der Waals surface area contributed by atoms with Gasteiger partial charge >= 0.3 is 0 Å². The van der Waals surface area contributed by atoms with Crippen molar-refractivity contribution in [1.29, 1.82) is 0 Å². The second-order valence-corrected chi connectivity index (χ2v) is 5.09. The maximum Gasteiger partial charge on any atom is 0.216 e. The second-order valence-electron chi connectivity index (χ2n) is 5.09. The molecule has 0 fully saturated rings. The number of nitro groups is 1. The average molecular weight is 268 g/mol. The third-order valence-corrected chi connectivity index (χ3v) is 3.75. The van der Waals surface area contributed by atoms with Crippen LogP contribution < -0.4 is 0 Å². The Bertz CT molecular complexity index is 618. The molecule has 1 heterocycles. The number of allylic oxidation sites excluding steroid dienone is 2. The predicted molar refractivity (Wildman–Crippen MR) is 77.5 cm³/mol. The molecule has 0 amide bonds. The highest BCUT2D eigenvalue weighted by Gasteiger charge is 2.23. The fourth-order valence-electron chi connectivity index (χ4n) is 2.75. The standard InChI is InChI=1S/C16H16N2O2/c19-18(20)11-14(12-6-2-1-3-7-12)16-10-13-8-4-5-9-15(13)17-16/h1-7,10,14,17H,8-9,11H2/t14-/m1/s1. The maximum absolute atomic E-state index is 11.0. The van der Waals surface area contributed by atoms with Crippen molar-refractivity contribution >= 4 is 0 Å². The largest absolute Gasteiger partial charge is 0.361 e. The summed E-state index contributed by atoms with van der Waals surface area (Å²) in [6, 6.07) is 11.8. The number of benzene rings is 1. The van der Waals surface area contributed by atoms with Gasteiger partial charge in [0.05, 0.1) is 5.92 Å². The molecule has 3 rings (SSSR count). The number of rotatable bonds is 4. The summed E-state index contributed by atoms with van der Waals surface area (Å²) in [4.78, 5) is 14.1. The first-order valence-corrected chi connectivity index (χ1v) is 6.76. The molecule has 0 unspecified atom stereocenters. The first-order valence-electron chi connectivity index (χ1n) is 6.76. The molecule has 0 saturated heterocycles. The number of aromatic amines is 1. The Labute approximate surface area is 117 Å². The van der Waals surface area contributed by atoms with Gasteiger partial charge in [-0.15, -0.1) is 0 Å². The van der Waals surface area contributed by atoms with E-state index in [1.807, 2.05) is 30.3 Å². The lowest BCUT2D eigenvalue weighted by molar-refractivity contribution is -0.481. The zero-order valence-electron chi connectivity index (χ0n) is 11.1. The van der Waals surface area contributed by atoms with Gasteiger partial charge in [0.25, 0.3) is 0 Å². The van der Waals surface area contributed by atoms with E-state index in [9.17, 15) is 10.1 Å². The quantitative estimate of drug-likeness (QED) is 0.526. The minimum atomic E-state index is -0.240. The molecular weight excluding hydrogens is 252 g/mol. The van der Waals surface area contributed by atoms with Gasteiger partial charge in [-0.25, -0.2) is 0 Å². The van der Waals surface area contributed by atoms with Crippen LogP contribution >= 0.6 is 0 Å². The van der Waals surface area contributed by atoms with Crippen LogP contribution in [0.15, 0.2) is 48.6 Å². The van der Waals surface area contributed by atoms with E-state index < -0.39 is 0 Å². The van der Waals surface area contributed by atoms with Crippen molar-refractivity contribution in [2.75, 3.05) is 6.54 Å². The maximum atomic E-state index is 11.0. The van der Waals surface area contributed by atoms with Crippen molar-refractivity contribution in [2.24, 2.45) is 0 Å². The van der Waals surface area contributed by atoms with Crippen molar-refractivity contribution in [3.63, 3.8) is 0 Å². The van der Waals surface area contributed by atoms with Crippen LogP contribution in [-0.2, 0) is 12.8 Å². The van der Waals surface area contributed by atoms with Crippen LogP contribution in [0.4, 0.5) is 0 Å². The van der Waals surface area contributed by atoms with Crippen molar-refractivity contribution in [1.82, 2.24) is 4.98 Å².